The van der Waals surface area contributed by atoms with Crippen LogP contribution in [0.4, 0.5) is 0 Å². The maximum Gasteiger partial charge on any atom is 0.0945 e. The van der Waals surface area contributed by atoms with Crippen LogP contribution in [0.15, 0.2) is 18.7 Å². The predicted octanol–water partition coefficient (Wildman–Crippen LogP) is 3.88. The number of hydrogen-bond donors (Lipinski definition) is 1. The second-order valence-corrected chi connectivity index (χ2v) is 6.80. The molecule has 1 aromatic heterocycles. The fourth-order valence-corrected chi connectivity index (χ4v) is 2.29. The molecule has 1 N–H and O–H groups in total. The molecule has 19 heavy (non-hydrogen) atoms. The zero-order chi connectivity index (χ0) is 14.1. The van der Waals surface area contributed by atoms with Crippen molar-refractivity contribution in [3.63, 3.8) is 0 Å². The summed E-state index contributed by atoms with van der Waals surface area (Å²) in [6.07, 6.45) is 12.9. The van der Waals surface area contributed by atoms with E-state index in [0.29, 0.717) is 17.9 Å². The van der Waals surface area contributed by atoms with Gasteiger partial charge in [0.2, 0.25) is 0 Å². The molecule has 1 aromatic rings. The number of aryl methyl sites for hydroxylation is 1. The quantitative estimate of drug-likeness (QED) is 0.689. The number of unbranched alkanes of at least 4 members (excludes halogenated alkanes) is 2. The second kappa shape index (κ2) is 8.36. The molecule has 0 aliphatic heterocycles. The van der Waals surface area contributed by atoms with Crippen molar-refractivity contribution in [3.05, 3.63) is 18.7 Å². The Morgan fingerprint density at radius 1 is 1.16 bits per heavy atom. The second-order valence-electron chi connectivity index (χ2n) is 6.80. The molecule has 0 amide bonds. The number of hydrogen-bond acceptors (Lipinski definition) is 2. The zero-order valence-corrected chi connectivity index (χ0v) is 12.8. The number of nitrogens with zero attached hydrogens (tertiary/aromatic N) is 2. The first kappa shape index (κ1) is 16.2. The Morgan fingerprint density at radius 2 is 1.95 bits per heavy atom. The molecule has 0 aromatic carbocycles. The summed E-state index contributed by atoms with van der Waals surface area (Å²) in [5.41, 5.74) is 0.384. The lowest BCUT2D eigenvalue weighted by atomic mass is 9.85. The molecule has 3 nitrogen and oxygen atoms in total. The van der Waals surface area contributed by atoms with E-state index in [0.717, 1.165) is 19.4 Å². The SMILES string of the molecule is CC(C)(C)CC[C@@H](CO)CCCCCn1ccnc1. The summed E-state index contributed by atoms with van der Waals surface area (Å²) in [5.74, 6) is 0.493. The average molecular weight is 266 g/mol. The van der Waals surface area contributed by atoms with Crippen molar-refractivity contribution in [2.75, 3.05) is 6.61 Å². The fourth-order valence-electron chi connectivity index (χ4n) is 2.29. The summed E-state index contributed by atoms with van der Waals surface area (Å²) in [4.78, 5) is 4.04. The first-order valence-corrected chi connectivity index (χ1v) is 7.58. The maximum absolute atomic E-state index is 9.42. The van der Waals surface area contributed by atoms with Crippen LogP contribution in [0.1, 0.15) is 59.3 Å². The summed E-state index contributed by atoms with van der Waals surface area (Å²) in [5, 5.41) is 9.42. The highest BCUT2D eigenvalue weighted by Crippen LogP contribution is 2.25. The number of imidazole rings is 1. The zero-order valence-electron chi connectivity index (χ0n) is 12.8. The van der Waals surface area contributed by atoms with Gasteiger partial charge in [-0.15, -0.1) is 0 Å². The number of aliphatic hydroxyl groups excluding tert-OH is 1. The lowest BCUT2D eigenvalue weighted by Gasteiger charge is -2.22. The fraction of sp³-hybridized carbons (Fsp3) is 0.812. The third-order valence-electron chi connectivity index (χ3n) is 3.65. The normalized spacial score (nSPS) is 13.7. The van der Waals surface area contributed by atoms with Crippen molar-refractivity contribution in [3.8, 4) is 0 Å². The van der Waals surface area contributed by atoms with Crippen LogP contribution in [-0.2, 0) is 6.54 Å². The van der Waals surface area contributed by atoms with E-state index in [1.807, 2.05) is 18.7 Å². The first-order valence-electron chi connectivity index (χ1n) is 7.58. The Balaban J connectivity index is 2.05. The highest BCUT2D eigenvalue weighted by Gasteiger charge is 2.14. The molecule has 0 fully saturated rings. The van der Waals surface area contributed by atoms with Crippen molar-refractivity contribution >= 4 is 0 Å². The van der Waals surface area contributed by atoms with Gasteiger partial charge in [-0.2, -0.15) is 0 Å². The van der Waals surface area contributed by atoms with Crippen LogP contribution >= 0.6 is 0 Å². The van der Waals surface area contributed by atoms with Crippen molar-refractivity contribution in [2.45, 2.75) is 65.8 Å². The van der Waals surface area contributed by atoms with Gasteiger partial charge in [0.1, 0.15) is 0 Å². The monoisotopic (exact) mass is 266 g/mol. The highest BCUT2D eigenvalue weighted by molar-refractivity contribution is 4.73. The Morgan fingerprint density at radius 3 is 2.53 bits per heavy atom. The van der Waals surface area contributed by atoms with E-state index in [1.165, 1.54) is 25.7 Å². The van der Waals surface area contributed by atoms with E-state index in [2.05, 4.69) is 30.3 Å². The molecule has 1 rings (SSSR count). The van der Waals surface area contributed by atoms with Gasteiger partial charge in [-0.25, -0.2) is 4.98 Å². The Bertz CT molecular complexity index is 314. The van der Waals surface area contributed by atoms with Crippen molar-refractivity contribution < 1.29 is 5.11 Å². The average Bonchev–Trinajstić information content (AvgIpc) is 2.84. The first-order chi connectivity index (χ1) is 9.01. The number of aliphatic hydroxyl groups is 1. The predicted molar refractivity (Wildman–Crippen MR) is 80.0 cm³/mol. The lowest BCUT2D eigenvalue weighted by molar-refractivity contribution is 0.190. The van der Waals surface area contributed by atoms with Gasteiger partial charge in [0.25, 0.3) is 0 Å². The molecule has 0 aliphatic rings. The Hall–Kier alpha value is -0.830. The van der Waals surface area contributed by atoms with E-state index in [1.54, 1.807) is 0 Å². The van der Waals surface area contributed by atoms with Gasteiger partial charge in [-0.1, -0.05) is 33.6 Å². The summed E-state index contributed by atoms with van der Waals surface area (Å²) >= 11 is 0. The van der Waals surface area contributed by atoms with Crippen molar-refractivity contribution in [1.82, 2.24) is 9.55 Å². The molecule has 1 heterocycles. The summed E-state index contributed by atoms with van der Waals surface area (Å²) in [6.45, 7) is 8.22. The molecular weight excluding hydrogens is 236 g/mol. The third kappa shape index (κ3) is 8.04. The molecular formula is C16H30N2O. The van der Waals surface area contributed by atoms with E-state index in [-0.39, 0.29) is 0 Å². The molecule has 110 valence electrons. The van der Waals surface area contributed by atoms with Gasteiger partial charge in [0.05, 0.1) is 6.33 Å². The van der Waals surface area contributed by atoms with Crippen LogP contribution in [0.2, 0.25) is 0 Å². The van der Waals surface area contributed by atoms with Gasteiger partial charge in [-0.3, -0.25) is 0 Å². The highest BCUT2D eigenvalue weighted by atomic mass is 16.3. The molecule has 0 saturated carbocycles. The smallest absolute Gasteiger partial charge is 0.0945 e. The third-order valence-corrected chi connectivity index (χ3v) is 3.65. The van der Waals surface area contributed by atoms with Gasteiger partial charge < -0.3 is 9.67 Å². The van der Waals surface area contributed by atoms with E-state index in [4.69, 9.17) is 0 Å². The van der Waals surface area contributed by atoms with E-state index in [9.17, 15) is 5.11 Å². The van der Waals surface area contributed by atoms with Gasteiger partial charge in [0.15, 0.2) is 0 Å². The van der Waals surface area contributed by atoms with E-state index < -0.39 is 0 Å². The summed E-state index contributed by atoms with van der Waals surface area (Å²) in [7, 11) is 0. The van der Waals surface area contributed by atoms with Crippen molar-refractivity contribution in [2.24, 2.45) is 11.3 Å². The van der Waals surface area contributed by atoms with Crippen LogP contribution in [0.25, 0.3) is 0 Å². The van der Waals surface area contributed by atoms with Crippen LogP contribution in [-0.4, -0.2) is 21.3 Å². The molecule has 3 heteroatoms. The van der Waals surface area contributed by atoms with Crippen LogP contribution in [0.3, 0.4) is 0 Å². The summed E-state index contributed by atoms with van der Waals surface area (Å²) in [6, 6.07) is 0. The molecule has 0 bridgehead atoms. The molecule has 1 atom stereocenters. The minimum Gasteiger partial charge on any atom is -0.396 e. The van der Waals surface area contributed by atoms with E-state index >= 15 is 0 Å². The molecule has 0 radical (unpaired) electrons. The van der Waals surface area contributed by atoms with Crippen LogP contribution < -0.4 is 0 Å². The van der Waals surface area contributed by atoms with Crippen LogP contribution in [0, 0.1) is 11.3 Å². The minimum absolute atomic E-state index is 0.345. The largest absolute Gasteiger partial charge is 0.396 e. The molecule has 0 unspecified atom stereocenters. The Labute approximate surface area is 118 Å². The maximum atomic E-state index is 9.42. The van der Waals surface area contributed by atoms with Gasteiger partial charge in [0, 0.05) is 25.5 Å². The topological polar surface area (TPSA) is 38.0 Å². The Kier molecular flexibility index (Phi) is 7.14. The number of rotatable bonds is 9. The van der Waals surface area contributed by atoms with Crippen LogP contribution in [0.5, 0.6) is 0 Å². The lowest BCUT2D eigenvalue weighted by Crippen LogP contribution is -2.12. The molecule has 0 saturated heterocycles. The van der Waals surface area contributed by atoms with Gasteiger partial charge in [-0.05, 0) is 37.0 Å². The number of aromatic nitrogens is 2. The van der Waals surface area contributed by atoms with Gasteiger partial charge >= 0.3 is 0 Å². The molecule has 0 aliphatic carbocycles. The summed E-state index contributed by atoms with van der Waals surface area (Å²) < 4.78 is 2.13. The molecule has 0 spiro atoms. The standard InChI is InChI=1S/C16H30N2O/c1-16(2,3)9-8-15(13-19)7-5-4-6-11-18-12-10-17-14-18/h10,12,14-15,19H,4-9,11,13H2,1-3H3/t15-/m0/s1. The minimum atomic E-state index is 0.345. The van der Waals surface area contributed by atoms with Crippen molar-refractivity contribution in [1.29, 1.82) is 0 Å².